The minimum atomic E-state index is -0.241. The van der Waals surface area contributed by atoms with Crippen molar-refractivity contribution in [3.8, 4) is 5.75 Å². The highest BCUT2D eigenvalue weighted by molar-refractivity contribution is 6.00. The molecule has 2 heterocycles. The van der Waals surface area contributed by atoms with Crippen LogP contribution < -0.4 is 9.64 Å². The van der Waals surface area contributed by atoms with Crippen molar-refractivity contribution in [2.45, 2.75) is 33.1 Å². The second-order valence-corrected chi connectivity index (χ2v) is 8.52. The van der Waals surface area contributed by atoms with Gasteiger partial charge in [0.1, 0.15) is 5.75 Å². The Morgan fingerprint density at radius 1 is 1.03 bits per heavy atom. The minimum Gasteiger partial charge on any atom is -0.493 e. The largest absolute Gasteiger partial charge is 0.493 e. The third-order valence-electron chi connectivity index (χ3n) is 6.50. The summed E-state index contributed by atoms with van der Waals surface area (Å²) in [4.78, 5) is 29.5. The molecule has 2 aromatic carbocycles. The number of hydrogen-bond donors (Lipinski definition) is 0. The molecule has 4 rings (SSSR count). The highest BCUT2D eigenvalue weighted by Gasteiger charge is 2.38. The maximum absolute atomic E-state index is 13.1. The molecule has 30 heavy (non-hydrogen) atoms. The van der Waals surface area contributed by atoms with Crippen LogP contribution in [0.2, 0.25) is 0 Å². The zero-order chi connectivity index (χ0) is 21.1. The summed E-state index contributed by atoms with van der Waals surface area (Å²) in [6, 6.07) is 15.9. The molecule has 0 aromatic heterocycles. The van der Waals surface area contributed by atoms with Gasteiger partial charge in [-0.05, 0) is 61.9 Å². The van der Waals surface area contributed by atoms with Gasteiger partial charge in [0.2, 0.25) is 11.8 Å². The van der Waals surface area contributed by atoms with Gasteiger partial charge in [0.05, 0.1) is 12.5 Å². The first-order valence-electron chi connectivity index (χ1n) is 10.9. The zero-order valence-corrected chi connectivity index (χ0v) is 17.8. The Bertz CT molecular complexity index is 904. The number of carbonyl (C=O) groups is 2. The summed E-state index contributed by atoms with van der Waals surface area (Å²) >= 11 is 0. The van der Waals surface area contributed by atoms with Crippen molar-refractivity contribution in [1.82, 2.24) is 4.90 Å². The molecule has 2 amide bonds. The Balaban J connectivity index is 1.30. The molecule has 0 saturated carbocycles. The fourth-order valence-electron chi connectivity index (χ4n) is 4.44. The molecule has 158 valence electrons. The molecule has 0 aliphatic carbocycles. The number of benzene rings is 2. The van der Waals surface area contributed by atoms with Crippen molar-refractivity contribution in [2.24, 2.45) is 11.8 Å². The van der Waals surface area contributed by atoms with Gasteiger partial charge in [0.25, 0.3) is 0 Å². The molecule has 5 heteroatoms. The molecule has 2 saturated heterocycles. The van der Waals surface area contributed by atoms with Gasteiger partial charge in [0, 0.05) is 31.7 Å². The standard InChI is InChI=1S/C25H30N2O3/c1-18-7-6-10-23(19(18)2)27-16-21(15-24(27)28)25(29)26-13-11-20(12-14-26)17-30-22-8-4-3-5-9-22/h3-10,20-21H,11-17H2,1-2H3. The van der Waals surface area contributed by atoms with Gasteiger partial charge in [-0.15, -0.1) is 0 Å². The van der Waals surface area contributed by atoms with Crippen molar-refractivity contribution in [3.05, 3.63) is 59.7 Å². The summed E-state index contributed by atoms with van der Waals surface area (Å²) in [6.07, 6.45) is 2.20. The molecule has 2 aliphatic heterocycles. The number of carbonyl (C=O) groups excluding carboxylic acids is 2. The third-order valence-corrected chi connectivity index (χ3v) is 6.50. The first kappa shape index (κ1) is 20.5. The number of likely N-dealkylation sites (tertiary alicyclic amines) is 1. The highest BCUT2D eigenvalue weighted by Crippen LogP contribution is 2.31. The monoisotopic (exact) mass is 406 g/mol. The number of anilines is 1. The predicted octanol–water partition coefficient (Wildman–Crippen LogP) is 3.97. The normalized spacial score (nSPS) is 19.9. The highest BCUT2D eigenvalue weighted by atomic mass is 16.5. The van der Waals surface area contributed by atoms with Gasteiger partial charge in [-0.3, -0.25) is 9.59 Å². The van der Waals surface area contributed by atoms with Crippen molar-refractivity contribution in [2.75, 3.05) is 31.1 Å². The van der Waals surface area contributed by atoms with Crippen LogP contribution in [0.25, 0.3) is 0 Å². The number of rotatable bonds is 5. The topological polar surface area (TPSA) is 49.9 Å². The van der Waals surface area contributed by atoms with Crippen molar-refractivity contribution in [3.63, 3.8) is 0 Å². The molecule has 2 aromatic rings. The molecular weight excluding hydrogens is 376 g/mol. The molecule has 0 radical (unpaired) electrons. The lowest BCUT2D eigenvalue weighted by Crippen LogP contribution is -2.43. The molecule has 0 bridgehead atoms. The summed E-state index contributed by atoms with van der Waals surface area (Å²) < 4.78 is 5.88. The number of aryl methyl sites for hydroxylation is 1. The van der Waals surface area contributed by atoms with Crippen molar-refractivity contribution < 1.29 is 14.3 Å². The molecule has 1 unspecified atom stereocenters. The van der Waals surface area contributed by atoms with Crippen LogP contribution in [0.3, 0.4) is 0 Å². The van der Waals surface area contributed by atoms with Crippen LogP contribution in [0.15, 0.2) is 48.5 Å². The molecule has 2 aliphatic rings. The van der Waals surface area contributed by atoms with Gasteiger partial charge in [-0.2, -0.15) is 0 Å². The molecule has 2 fully saturated rings. The first-order chi connectivity index (χ1) is 14.5. The van der Waals surface area contributed by atoms with Crippen LogP contribution in [0.1, 0.15) is 30.4 Å². The average molecular weight is 407 g/mol. The van der Waals surface area contributed by atoms with Crippen LogP contribution in [-0.4, -0.2) is 43.0 Å². The Hall–Kier alpha value is -2.82. The van der Waals surface area contributed by atoms with Crippen LogP contribution in [0.4, 0.5) is 5.69 Å². The maximum atomic E-state index is 13.1. The van der Waals surface area contributed by atoms with E-state index in [0.717, 1.165) is 48.5 Å². The Kier molecular flexibility index (Phi) is 6.07. The average Bonchev–Trinajstić information content (AvgIpc) is 3.16. The quantitative estimate of drug-likeness (QED) is 0.755. The second-order valence-electron chi connectivity index (χ2n) is 8.52. The fourth-order valence-corrected chi connectivity index (χ4v) is 4.44. The van der Waals surface area contributed by atoms with Crippen LogP contribution in [-0.2, 0) is 9.59 Å². The van der Waals surface area contributed by atoms with E-state index in [-0.39, 0.29) is 17.7 Å². The zero-order valence-electron chi connectivity index (χ0n) is 17.8. The third kappa shape index (κ3) is 4.35. The summed E-state index contributed by atoms with van der Waals surface area (Å²) in [5, 5.41) is 0. The van der Waals surface area contributed by atoms with E-state index in [1.54, 1.807) is 4.90 Å². The molecule has 0 N–H and O–H groups in total. The summed E-state index contributed by atoms with van der Waals surface area (Å²) in [5.74, 6) is 1.29. The Labute approximate surface area is 178 Å². The molecule has 5 nitrogen and oxygen atoms in total. The smallest absolute Gasteiger partial charge is 0.228 e. The fraction of sp³-hybridized carbons (Fsp3) is 0.440. The lowest BCUT2D eigenvalue weighted by Gasteiger charge is -2.33. The van der Waals surface area contributed by atoms with Crippen LogP contribution in [0.5, 0.6) is 5.75 Å². The number of hydrogen-bond acceptors (Lipinski definition) is 3. The number of para-hydroxylation sites is 1. The van der Waals surface area contributed by atoms with E-state index in [4.69, 9.17) is 4.74 Å². The minimum absolute atomic E-state index is 0.0493. The first-order valence-corrected chi connectivity index (χ1v) is 10.9. The predicted molar refractivity (Wildman–Crippen MR) is 118 cm³/mol. The Morgan fingerprint density at radius 3 is 2.50 bits per heavy atom. The number of nitrogens with zero attached hydrogens (tertiary/aromatic N) is 2. The van der Waals surface area contributed by atoms with E-state index < -0.39 is 0 Å². The lowest BCUT2D eigenvalue weighted by molar-refractivity contribution is -0.137. The molecule has 0 spiro atoms. The number of ether oxygens (including phenoxy) is 1. The van der Waals surface area contributed by atoms with Crippen molar-refractivity contribution >= 4 is 17.5 Å². The second kappa shape index (κ2) is 8.90. The van der Waals surface area contributed by atoms with E-state index in [1.165, 1.54) is 0 Å². The summed E-state index contributed by atoms with van der Waals surface area (Å²) in [7, 11) is 0. The van der Waals surface area contributed by atoms with Gasteiger partial charge in [-0.25, -0.2) is 0 Å². The van der Waals surface area contributed by atoms with Gasteiger partial charge >= 0.3 is 0 Å². The van der Waals surface area contributed by atoms with Gasteiger partial charge in [0.15, 0.2) is 0 Å². The van der Waals surface area contributed by atoms with Gasteiger partial charge in [-0.1, -0.05) is 30.3 Å². The lowest BCUT2D eigenvalue weighted by atomic mass is 9.96. The van der Waals surface area contributed by atoms with E-state index >= 15 is 0 Å². The summed E-state index contributed by atoms with van der Waals surface area (Å²) in [6.45, 7) is 6.75. The van der Waals surface area contributed by atoms with Crippen LogP contribution in [0, 0.1) is 25.7 Å². The molecule has 1 atom stereocenters. The van der Waals surface area contributed by atoms with E-state index in [9.17, 15) is 9.59 Å². The number of amides is 2. The van der Waals surface area contributed by atoms with E-state index in [0.29, 0.717) is 25.5 Å². The Morgan fingerprint density at radius 2 is 1.77 bits per heavy atom. The maximum Gasteiger partial charge on any atom is 0.228 e. The van der Waals surface area contributed by atoms with Crippen LogP contribution >= 0.6 is 0 Å². The SMILES string of the molecule is Cc1cccc(N2CC(C(=O)N3CCC(COc4ccccc4)CC3)CC2=O)c1C. The number of piperidine rings is 1. The van der Waals surface area contributed by atoms with Gasteiger partial charge < -0.3 is 14.5 Å². The van der Waals surface area contributed by atoms with E-state index in [2.05, 4.69) is 0 Å². The summed E-state index contributed by atoms with van der Waals surface area (Å²) in [5.41, 5.74) is 3.21. The molecular formula is C25H30N2O3. The van der Waals surface area contributed by atoms with E-state index in [1.807, 2.05) is 67.3 Å². The van der Waals surface area contributed by atoms with Crippen molar-refractivity contribution in [1.29, 1.82) is 0 Å².